The topological polar surface area (TPSA) is 49.4 Å². The van der Waals surface area contributed by atoms with E-state index in [0.717, 1.165) is 11.1 Å². The smallest absolute Gasteiger partial charge is 0.348 e. The average molecular weight is 390 g/mol. The molecule has 0 aromatic heterocycles. The van der Waals surface area contributed by atoms with Gasteiger partial charge in [0.15, 0.2) is 0 Å². The molecule has 0 radical (unpaired) electrons. The summed E-state index contributed by atoms with van der Waals surface area (Å²) in [6.45, 7) is 0.907. The molecule has 4 nitrogen and oxygen atoms in total. The molecular formula is C21H21F3N2O2. The number of halogens is 3. The van der Waals surface area contributed by atoms with Crippen LogP contribution in [0.25, 0.3) is 11.1 Å². The standard InChI is InChI=1S/C21H21F3N2O2/c22-21(23,24)20(28)25-14-15-10-12-26(13-11-15)19(27)18-8-6-17(7-9-18)16-4-2-1-3-5-16/h1-9,15H,10-14H2,(H,25,28). The lowest BCUT2D eigenvalue weighted by Crippen LogP contribution is -2.44. The third kappa shape index (κ3) is 4.91. The summed E-state index contributed by atoms with van der Waals surface area (Å²) >= 11 is 0. The first-order valence-corrected chi connectivity index (χ1v) is 9.14. The summed E-state index contributed by atoms with van der Waals surface area (Å²) in [5, 5.41) is 1.92. The van der Waals surface area contributed by atoms with Gasteiger partial charge in [0.2, 0.25) is 0 Å². The third-order valence-corrected chi connectivity index (χ3v) is 4.95. The van der Waals surface area contributed by atoms with Crippen molar-refractivity contribution in [3.05, 3.63) is 60.2 Å². The Kier molecular flexibility index (Phi) is 6.02. The fourth-order valence-corrected chi connectivity index (χ4v) is 3.30. The van der Waals surface area contributed by atoms with E-state index >= 15 is 0 Å². The molecule has 1 N–H and O–H groups in total. The molecule has 0 saturated carbocycles. The van der Waals surface area contributed by atoms with Crippen molar-refractivity contribution >= 4 is 11.8 Å². The summed E-state index contributed by atoms with van der Waals surface area (Å²) in [6, 6.07) is 17.2. The first-order chi connectivity index (χ1) is 13.3. The van der Waals surface area contributed by atoms with Crippen LogP contribution in [0.15, 0.2) is 54.6 Å². The van der Waals surface area contributed by atoms with Crippen molar-refractivity contribution < 1.29 is 22.8 Å². The number of piperidine rings is 1. The van der Waals surface area contributed by atoms with E-state index in [9.17, 15) is 22.8 Å². The Bertz CT molecular complexity index is 812. The van der Waals surface area contributed by atoms with Gasteiger partial charge in [-0.3, -0.25) is 9.59 Å². The van der Waals surface area contributed by atoms with Crippen molar-refractivity contribution in [2.24, 2.45) is 5.92 Å². The number of hydrogen-bond acceptors (Lipinski definition) is 2. The molecule has 1 saturated heterocycles. The number of nitrogens with one attached hydrogen (secondary N) is 1. The lowest BCUT2D eigenvalue weighted by atomic mass is 9.96. The summed E-state index contributed by atoms with van der Waals surface area (Å²) < 4.78 is 36.7. The minimum absolute atomic E-state index is 0.0217. The predicted molar refractivity (Wildman–Crippen MR) is 99.6 cm³/mol. The number of hydrogen-bond donors (Lipinski definition) is 1. The van der Waals surface area contributed by atoms with E-state index in [1.165, 1.54) is 0 Å². The van der Waals surface area contributed by atoms with Crippen LogP contribution in [0.3, 0.4) is 0 Å². The van der Waals surface area contributed by atoms with Crippen LogP contribution in [0.5, 0.6) is 0 Å². The van der Waals surface area contributed by atoms with Gasteiger partial charge in [-0.15, -0.1) is 0 Å². The maximum atomic E-state index is 12.7. The number of nitrogens with zero attached hydrogens (tertiary/aromatic N) is 1. The van der Waals surface area contributed by atoms with E-state index in [0.29, 0.717) is 31.5 Å². The summed E-state index contributed by atoms with van der Waals surface area (Å²) in [4.78, 5) is 25.3. The summed E-state index contributed by atoms with van der Waals surface area (Å²) in [6.07, 6.45) is -3.74. The van der Waals surface area contributed by atoms with Crippen molar-refractivity contribution in [1.82, 2.24) is 10.2 Å². The second-order valence-corrected chi connectivity index (χ2v) is 6.89. The highest BCUT2D eigenvalue weighted by molar-refractivity contribution is 5.94. The molecule has 148 valence electrons. The van der Waals surface area contributed by atoms with Crippen LogP contribution in [0.4, 0.5) is 13.2 Å². The van der Waals surface area contributed by atoms with Gasteiger partial charge in [0.25, 0.3) is 5.91 Å². The van der Waals surface area contributed by atoms with Gasteiger partial charge in [0.05, 0.1) is 0 Å². The molecule has 0 spiro atoms. The fraction of sp³-hybridized carbons (Fsp3) is 0.333. The van der Waals surface area contributed by atoms with Gasteiger partial charge in [-0.25, -0.2) is 0 Å². The Morgan fingerprint density at radius 1 is 0.929 bits per heavy atom. The maximum Gasteiger partial charge on any atom is 0.471 e. The zero-order chi connectivity index (χ0) is 20.1. The quantitative estimate of drug-likeness (QED) is 0.861. The highest BCUT2D eigenvalue weighted by Gasteiger charge is 2.38. The third-order valence-electron chi connectivity index (χ3n) is 4.95. The van der Waals surface area contributed by atoms with Gasteiger partial charge < -0.3 is 10.2 Å². The summed E-state index contributed by atoms with van der Waals surface area (Å²) in [5.74, 6) is -2.06. The van der Waals surface area contributed by atoms with Gasteiger partial charge in [-0.05, 0) is 42.0 Å². The highest BCUT2D eigenvalue weighted by Crippen LogP contribution is 2.22. The normalized spacial score (nSPS) is 15.3. The molecule has 2 aromatic rings. The zero-order valence-corrected chi connectivity index (χ0v) is 15.2. The van der Waals surface area contributed by atoms with Crippen molar-refractivity contribution in [3.63, 3.8) is 0 Å². The molecule has 2 amide bonds. The van der Waals surface area contributed by atoms with Gasteiger partial charge in [-0.2, -0.15) is 13.2 Å². The number of amides is 2. The molecule has 1 aliphatic heterocycles. The van der Waals surface area contributed by atoms with E-state index in [1.54, 1.807) is 17.0 Å². The SMILES string of the molecule is O=C(c1ccc(-c2ccccc2)cc1)N1CCC(CNC(=O)C(F)(F)F)CC1. The Balaban J connectivity index is 1.52. The molecule has 1 aliphatic rings. The van der Waals surface area contributed by atoms with E-state index in [4.69, 9.17) is 0 Å². The first kappa shape index (κ1) is 19.9. The number of carbonyl (C=O) groups excluding carboxylic acids is 2. The lowest BCUT2D eigenvalue weighted by molar-refractivity contribution is -0.173. The number of alkyl halides is 3. The van der Waals surface area contributed by atoms with Crippen LogP contribution in [0.2, 0.25) is 0 Å². The molecule has 3 rings (SSSR count). The van der Waals surface area contributed by atoms with Crippen LogP contribution < -0.4 is 5.32 Å². The predicted octanol–water partition coefficient (Wildman–Crippen LogP) is 3.88. The second kappa shape index (κ2) is 8.46. The van der Waals surface area contributed by atoms with Gasteiger partial charge in [0.1, 0.15) is 0 Å². The molecule has 1 heterocycles. The summed E-state index contributed by atoms with van der Waals surface area (Å²) in [7, 11) is 0. The minimum atomic E-state index is -4.86. The van der Waals surface area contributed by atoms with Crippen LogP contribution in [0.1, 0.15) is 23.2 Å². The van der Waals surface area contributed by atoms with Crippen LogP contribution in [0, 0.1) is 5.92 Å². The Morgan fingerprint density at radius 3 is 2.07 bits per heavy atom. The van der Waals surface area contributed by atoms with E-state index in [-0.39, 0.29) is 18.4 Å². The molecular weight excluding hydrogens is 369 g/mol. The fourth-order valence-electron chi connectivity index (χ4n) is 3.30. The lowest BCUT2D eigenvalue weighted by Gasteiger charge is -2.32. The molecule has 7 heteroatoms. The van der Waals surface area contributed by atoms with Gasteiger partial charge in [0, 0.05) is 25.2 Å². The Hall–Kier alpha value is -2.83. The Labute approximate surface area is 161 Å². The van der Waals surface area contributed by atoms with Gasteiger partial charge in [-0.1, -0.05) is 42.5 Å². The van der Waals surface area contributed by atoms with Crippen molar-refractivity contribution in [2.45, 2.75) is 19.0 Å². The number of likely N-dealkylation sites (tertiary alicyclic amines) is 1. The van der Waals surface area contributed by atoms with Gasteiger partial charge >= 0.3 is 12.1 Å². The zero-order valence-electron chi connectivity index (χ0n) is 15.2. The van der Waals surface area contributed by atoms with Crippen LogP contribution in [-0.4, -0.2) is 42.5 Å². The van der Waals surface area contributed by atoms with Crippen molar-refractivity contribution in [1.29, 1.82) is 0 Å². The highest BCUT2D eigenvalue weighted by atomic mass is 19.4. The monoisotopic (exact) mass is 390 g/mol. The largest absolute Gasteiger partial charge is 0.471 e. The minimum Gasteiger partial charge on any atom is -0.348 e. The number of carbonyl (C=O) groups is 2. The summed E-state index contributed by atoms with van der Waals surface area (Å²) in [5.41, 5.74) is 2.68. The van der Waals surface area contributed by atoms with E-state index in [1.807, 2.05) is 47.8 Å². The average Bonchev–Trinajstić information content (AvgIpc) is 2.72. The first-order valence-electron chi connectivity index (χ1n) is 9.14. The second-order valence-electron chi connectivity index (χ2n) is 6.89. The molecule has 0 unspecified atom stereocenters. The van der Waals surface area contributed by atoms with E-state index < -0.39 is 12.1 Å². The molecule has 1 fully saturated rings. The van der Waals surface area contributed by atoms with Crippen molar-refractivity contribution in [3.8, 4) is 11.1 Å². The molecule has 2 aromatic carbocycles. The number of rotatable bonds is 4. The molecule has 0 bridgehead atoms. The van der Waals surface area contributed by atoms with Crippen LogP contribution >= 0.6 is 0 Å². The molecule has 0 atom stereocenters. The van der Waals surface area contributed by atoms with Crippen molar-refractivity contribution in [2.75, 3.05) is 19.6 Å². The molecule has 28 heavy (non-hydrogen) atoms. The van der Waals surface area contributed by atoms with Crippen LogP contribution in [-0.2, 0) is 4.79 Å². The number of benzene rings is 2. The van der Waals surface area contributed by atoms with E-state index in [2.05, 4.69) is 0 Å². The maximum absolute atomic E-state index is 12.7. The Morgan fingerprint density at radius 2 is 1.50 bits per heavy atom. The molecule has 0 aliphatic carbocycles.